The molecule has 6 nitrogen and oxygen atoms in total. The topological polar surface area (TPSA) is 62.5 Å². The summed E-state index contributed by atoms with van der Waals surface area (Å²) in [5.74, 6) is 1.01. The van der Waals surface area contributed by atoms with Gasteiger partial charge in [0.05, 0.1) is 0 Å². The van der Waals surface area contributed by atoms with E-state index in [-0.39, 0.29) is 17.9 Å². The molecule has 1 amide bonds. The Morgan fingerprint density at radius 1 is 1.50 bits per heavy atom. The fraction of sp³-hybridized carbons (Fsp3) is 0.750. The van der Waals surface area contributed by atoms with E-state index in [9.17, 15) is 4.79 Å². The molecule has 0 saturated carbocycles. The van der Waals surface area contributed by atoms with Crippen LogP contribution in [0.3, 0.4) is 0 Å². The van der Waals surface area contributed by atoms with E-state index in [1.54, 1.807) is 19.0 Å². The summed E-state index contributed by atoms with van der Waals surface area (Å²) < 4.78 is 5.26. The van der Waals surface area contributed by atoms with Crippen molar-refractivity contribution in [3.05, 3.63) is 5.82 Å². The van der Waals surface area contributed by atoms with Crippen molar-refractivity contribution in [1.82, 2.24) is 15.0 Å². The van der Waals surface area contributed by atoms with Crippen LogP contribution in [0.15, 0.2) is 4.52 Å². The van der Waals surface area contributed by atoms with Crippen molar-refractivity contribution < 1.29 is 9.32 Å². The highest BCUT2D eigenvalue weighted by atomic mass is 16.5. The van der Waals surface area contributed by atoms with E-state index in [0.29, 0.717) is 11.8 Å². The van der Waals surface area contributed by atoms with Crippen molar-refractivity contribution in [2.24, 2.45) is 0 Å². The Balaban J connectivity index is 2.18. The molecule has 0 spiro atoms. The van der Waals surface area contributed by atoms with Gasteiger partial charge in [0.15, 0.2) is 5.82 Å². The number of carbonyl (C=O) groups excluding carboxylic acids is 1. The molecule has 0 N–H and O–H groups in total. The molecule has 0 aliphatic carbocycles. The van der Waals surface area contributed by atoms with Gasteiger partial charge in [0.25, 0.3) is 0 Å². The Hall–Kier alpha value is -1.59. The van der Waals surface area contributed by atoms with Crippen molar-refractivity contribution in [3.8, 4) is 0 Å². The van der Waals surface area contributed by atoms with Crippen LogP contribution < -0.4 is 4.90 Å². The summed E-state index contributed by atoms with van der Waals surface area (Å²) in [5.41, 5.74) is 0. The molecule has 2 rings (SSSR count). The monoisotopic (exact) mass is 252 g/mol. The second kappa shape index (κ2) is 4.96. The fourth-order valence-electron chi connectivity index (χ4n) is 2.13. The molecule has 0 radical (unpaired) electrons. The lowest BCUT2D eigenvalue weighted by atomic mass is 10.2. The molecule has 1 atom stereocenters. The first-order valence-electron chi connectivity index (χ1n) is 6.32. The molecular formula is C12H20N4O2. The number of rotatable bonds is 3. The summed E-state index contributed by atoms with van der Waals surface area (Å²) in [4.78, 5) is 20.0. The Labute approximate surface area is 107 Å². The summed E-state index contributed by atoms with van der Waals surface area (Å²) in [6.45, 7) is 4.83. The molecule has 2 heterocycles. The van der Waals surface area contributed by atoms with Gasteiger partial charge in [-0.25, -0.2) is 0 Å². The molecule has 1 aromatic rings. The van der Waals surface area contributed by atoms with Gasteiger partial charge in [0, 0.05) is 26.6 Å². The van der Waals surface area contributed by atoms with E-state index in [1.165, 1.54) is 0 Å². The SMILES string of the molecule is CC(C)c1noc(N2CCCC2C(=O)N(C)C)n1. The van der Waals surface area contributed by atoms with Crippen molar-refractivity contribution in [2.75, 3.05) is 25.5 Å². The van der Waals surface area contributed by atoms with Gasteiger partial charge in [-0.15, -0.1) is 0 Å². The molecule has 0 aromatic carbocycles. The summed E-state index contributed by atoms with van der Waals surface area (Å²) in [6.07, 6.45) is 1.82. The lowest BCUT2D eigenvalue weighted by Gasteiger charge is -2.24. The number of amides is 1. The Kier molecular flexibility index (Phi) is 3.54. The van der Waals surface area contributed by atoms with Crippen molar-refractivity contribution in [3.63, 3.8) is 0 Å². The van der Waals surface area contributed by atoms with Crippen LogP contribution in [-0.2, 0) is 4.79 Å². The minimum Gasteiger partial charge on any atom is -0.347 e. The van der Waals surface area contributed by atoms with Gasteiger partial charge in [-0.1, -0.05) is 19.0 Å². The molecular weight excluding hydrogens is 232 g/mol. The third-order valence-electron chi connectivity index (χ3n) is 3.17. The van der Waals surface area contributed by atoms with Crippen LogP contribution in [0.1, 0.15) is 38.4 Å². The number of aromatic nitrogens is 2. The van der Waals surface area contributed by atoms with Gasteiger partial charge in [0.2, 0.25) is 5.91 Å². The summed E-state index contributed by atoms with van der Waals surface area (Å²) in [7, 11) is 3.54. The van der Waals surface area contributed by atoms with Crippen LogP contribution in [0.5, 0.6) is 0 Å². The number of carbonyl (C=O) groups is 1. The zero-order chi connectivity index (χ0) is 13.3. The fourth-order valence-corrected chi connectivity index (χ4v) is 2.13. The largest absolute Gasteiger partial charge is 0.347 e. The third kappa shape index (κ3) is 2.32. The van der Waals surface area contributed by atoms with Crippen molar-refractivity contribution in [2.45, 2.75) is 38.6 Å². The van der Waals surface area contributed by atoms with Gasteiger partial charge in [-0.3, -0.25) is 4.79 Å². The van der Waals surface area contributed by atoms with E-state index in [4.69, 9.17) is 4.52 Å². The normalized spacial score (nSPS) is 19.6. The predicted octanol–water partition coefficient (Wildman–Crippen LogP) is 1.25. The Morgan fingerprint density at radius 3 is 2.78 bits per heavy atom. The van der Waals surface area contributed by atoms with E-state index >= 15 is 0 Å². The van der Waals surface area contributed by atoms with Crippen LogP contribution >= 0.6 is 0 Å². The molecule has 1 saturated heterocycles. The lowest BCUT2D eigenvalue weighted by molar-refractivity contribution is -0.129. The summed E-state index contributed by atoms with van der Waals surface area (Å²) in [5, 5.41) is 3.95. The first-order chi connectivity index (χ1) is 8.50. The lowest BCUT2D eigenvalue weighted by Crippen LogP contribution is -2.42. The molecule has 1 aliphatic rings. The smallest absolute Gasteiger partial charge is 0.324 e. The highest BCUT2D eigenvalue weighted by molar-refractivity contribution is 5.84. The van der Waals surface area contributed by atoms with E-state index in [0.717, 1.165) is 19.4 Å². The van der Waals surface area contributed by atoms with E-state index in [2.05, 4.69) is 10.1 Å². The Morgan fingerprint density at radius 2 is 2.22 bits per heavy atom. The van der Waals surface area contributed by atoms with Gasteiger partial charge < -0.3 is 14.3 Å². The highest BCUT2D eigenvalue weighted by Crippen LogP contribution is 2.26. The van der Waals surface area contributed by atoms with Gasteiger partial charge in [-0.05, 0) is 12.8 Å². The average molecular weight is 252 g/mol. The maximum atomic E-state index is 12.1. The molecule has 1 aromatic heterocycles. The second-order valence-corrected chi connectivity index (χ2v) is 5.17. The van der Waals surface area contributed by atoms with Crippen molar-refractivity contribution in [1.29, 1.82) is 0 Å². The van der Waals surface area contributed by atoms with Crippen LogP contribution in [0, 0.1) is 0 Å². The molecule has 1 unspecified atom stereocenters. The van der Waals surface area contributed by atoms with Gasteiger partial charge >= 0.3 is 6.01 Å². The van der Waals surface area contributed by atoms with Crippen LogP contribution in [-0.4, -0.2) is 47.6 Å². The number of likely N-dealkylation sites (N-methyl/N-ethyl adjacent to an activating group) is 1. The van der Waals surface area contributed by atoms with Crippen LogP contribution in [0.2, 0.25) is 0 Å². The van der Waals surface area contributed by atoms with Crippen LogP contribution in [0.25, 0.3) is 0 Å². The standard InChI is InChI=1S/C12H20N4O2/c1-8(2)10-13-12(18-14-10)16-7-5-6-9(16)11(17)15(3)4/h8-9H,5-7H2,1-4H3. The molecule has 18 heavy (non-hydrogen) atoms. The predicted molar refractivity (Wildman–Crippen MR) is 67.4 cm³/mol. The maximum Gasteiger partial charge on any atom is 0.324 e. The molecule has 1 aliphatic heterocycles. The molecule has 0 bridgehead atoms. The highest BCUT2D eigenvalue weighted by Gasteiger charge is 2.35. The zero-order valence-electron chi connectivity index (χ0n) is 11.4. The molecule has 100 valence electrons. The molecule has 6 heteroatoms. The van der Waals surface area contributed by atoms with E-state index in [1.807, 2.05) is 18.7 Å². The number of anilines is 1. The van der Waals surface area contributed by atoms with Crippen LogP contribution in [0.4, 0.5) is 6.01 Å². The maximum absolute atomic E-state index is 12.1. The number of hydrogen-bond donors (Lipinski definition) is 0. The Bertz CT molecular complexity index is 427. The number of hydrogen-bond acceptors (Lipinski definition) is 5. The third-order valence-corrected chi connectivity index (χ3v) is 3.17. The number of nitrogens with zero attached hydrogens (tertiary/aromatic N) is 4. The summed E-state index contributed by atoms with van der Waals surface area (Å²) >= 11 is 0. The first-order valence-corrected chi connectivity index (χ1v) is 6.32. The summed E-state index contributed by atoms with van der Waals surface area (Å²) in [6, 6.07) is 0.303. The average Bonchev–Trinajstić information content (AvgIpc) is 2.96. The van der Waals surface area contributed by atoms with E-state index < -0.39 is 0 Å². The quantitative estimate of drug-likeness (QED) is 0.810. The first kappa shape index (κ1) is 12.9. The molecule has 1 fully saturated rings. The minimum atomic E-state index is -0.166. The second-order valence-electron chi connectivity index (χ2n) is 5.17. The van der Waals surface area contributed by atoms with Gasteiger partial charge in [0.1, 0.15) is 6.04 Å². The zero-order valence-corrected chi connectivity index (χ0v) is 11.4. The van der Waals surface area contributed by atoms with Gasteiger partial charge in [-0.2, -0.15) is 4.98 Å². The minimum absolute atomic E-state index is 0.0943. The van der Waals surface area contributed by atoms with Crippen molar-refractivity contribution >= 4 is 11.9 Å².